The van der Waals surface area contributed by atoms with Crippen LogP contribution in [-0.4, -0.2) is 12.5 Å². The highest BCUT2D eigenvalue weighted by Gasteiger charge is 2.13. The van der Waals surface area contributed by atoms with E-state index >= 15 is 0 Å². The van der Waals surface area contributed by atoms with Gasteiger partial charge in [-0.25, -0.2) is 0 Å². The van der Waals surface area contributed by atoms with Crippen molar-refractivity contribution in [3.8, 4) is 11.8 Å². The van der Waals surface area contributed by atoms with Crippen LogP contribution in [0.3, 0.4) is 0 Å². The lowest BCUT2D eigenvalue weighted by molar-refractivity contribution is -0.112. The van der Waals surface area contributed by atoms with Gasteiger partial charge in [0.1, 0.15) is 17.4 Å². The first-order chi connectivity index (χ1) is 14.5. The van der Waals surface area contributed by atoms with E-state index in [1.54, 1.807) is 0 Å². The SMILES string of the molecule is CCCCc1ccc(NC(=O)/C(C#N)=C\NC(C)c2cc(C)ccc2OCC)cc1. The average Bonchev–Trinajstić information content (AvgIpc) is 2.75. The number of ether oxygens (including phenoxy) is 1. The summed E-state index contributed by atoms with van der Waals surface area (Å²) in [7, 11) is 0. The zero-order valence-electron chi connectivity index (χ0n) is 18.3. The molecule has 2 aromatic rings. The number of carbonyl (C=O) groups excluding carboxylic acids is 1. The Morgan fingerprint density at radius 3 is 2.57 bits per heavy atom. The molecule has 5 nitrogen and oxygen atoms in total. The molecule has 1 unspecified atom stereocenters. The molecule has 30 heavy (non-hydrogen) atoms. The number of nitriles is 1. The van der Waals surface area contributed by atoms with Crippen LogP contribution in [0.4, 0.5) is 5.69 Å². The number of carbonyl (C=O) groups is 1. The maximum atomic E-state index is 12.5. The molecule has 0 aliphatic rings. The van der Waals surface area contributed by atoms with E-state index in [1.165, 1.54) is 11.8 Å². The number of unbranched alkanes of at least 4 members (excludes halogenated alkanes) is 1. The number of anilines is 1. The monoisotopic (exact) mass is 405 g/mol. The highest BCUT2D eigenvalue weighted by molar-refractivity contribution is 6.06. The maximum Gasteiger partial charge on any atom is 0.267 e. The van der Waals surface area contributed by atoms with Gasteiger partial charge in [-0.05, 0) is 57.4 Å². The van der Waals surface area contributed by atoms with Crippen LogP contribution < -0.4 is 15.4 Å². The fourth-order valence-corrected chi connectivity index (χ4v) is 3.07. The molecule has 2 aromatic carbocycles. The van der Waals surface area contributed by atoms with Crippen LogP contribution in [0.1, 0.15) is 56.3 Å². The molecule has 0 bridgehead atoms. The van der Waals surface area contributed by atoms with Gasteiger partial charge in [0.15, 0.2) is 0 Å². The van der Waals surface area contributed by atoms with Crippen molar-refractivity contribution in [2.24, 2.45) is 0 Å². The van der Waals surface area contributed by atoms with Crippen LogP contribution >= 0.6 is 0 Å². The third kappa shape index (κ3) is 6.66. The Bertz CT molecular complexity index is 911. The molecule has 2 N–H and O–H groups in total. The number of aryl methyl sites for hydroxylation is 2. The van der Waals surface area contributed by atoms with E-state index in [9.17, 15) is 10.1 Å². The molecule has 0 fully saturated rings. The molecular formula is C25H31N3O2. The van der Waals surface area contributed by atoms with Crippen LogP contribution in [0.15, 0.2) is 54.2 Å². The molecule has 1 atom stereocenters. The van der Waals surface area contributed by atoms with E-state index in [1.807, 2.05) is 69.3 Å². The standard InChI is InChI=1S/C25H31N3O2/c1-5-7-8-20-10-12-22(13-11-20)28-25(29)21(16-26)17-27-19(4)23-15-18(3)9-14-24(23)30-6-2/h9-15,17,19,27H,5-8H2,1-4H3,(H,28,29)/b21-17-. The Morgan fingerprint density at radius 1 is 1.20 bits per heavy atom. The predicted molar refractivity (Wildman–Crippen MR) is 121 cm³/mol. The Kier molecular flexibility index (Phi) is 8.96. The summed E-state index contributed by atoms with van der Waals surface area (Å²) < 4.78 is 5.70. The Labute approximate surface area is 179 Å². The molecule has 0 saturated heterocycles. The molecule has 0 aliphatic carbocycles. The van der Waals surface area contributed by atoms with Crippen LogP contribution in [0.2, 0.25) is 0 Å². The minimum atomic E-state index is -0.437. The van der Waals surface area contributed by atoms with Crippen molar-refractivity contribution in [3.05, 3.63) is 70.9 Å². The van der Waals surface area contributed by atoms with Crippen molar-refractivity contribution in [1.29, 1.82) is 5.26 Å². The maximum absolute atomic E-state index is 12.5. The molecule has 2 rings (SSSR count). The molecular weight excluding hydrogens is 374 g/mol. The van der Waals surface area contributed by atoms with Crippen molar-refractivity contribution in [3.63, 3.8) is 0 Å². The van der Waals surface area contributed by atoms with Crippen LogP contribution in [0, 0.1) is 18.3 Å². The van der Waals surface area contributed by atoms with Crippen molar-refractivity contribution in [1.82, 2.24) is 5.32 Å². The lowest BCUT2D eigenvalue weighted by Crippen LogP contribution is -2.19. The predicted octanol–water partition coefficient (Wildman–Crippen LogP) is 5.43. The third-order valence-electron chi connectivity index (χ3n) is 4.81. The molecule has 0 aliphatic heterocycles. The van der Waals surface area contributed by atoms with Crippen molar-refractivity contribution in [2.45, 2.75) is 53.0 Å². The second kappa shape index (κ2) is 11.7. The number of amides is 1. The zero-order chi connectivity index (χ0) is 21.9. The summed E-state index contributed by atoms with van der Waals surface area (Å²) in [4.78, 5) is 12.5. The van der Waals surface area contributed by atoms with E-state index in [2.05, 4.69) is 17.6 Å². The normalized spacial score (nSPS) is 12.0. The Hall–Kier alpha value is -3.26. The van der Waals surface area contributed by atoms with Gasteiger partial charge in [-0.15, -0.1) is 0 Å². The van der Waals surface area contributed by atoms with Gasteiger partial charge in [-0.1, -0.05) is 43.2 Å². The lowest BCUT2D eigenvalue weighted by Gasteiger charge is -2.18. The highest BCUT2D eigenvalue weighted by atomic mass is 16.5. The summed E-state index contributed by atoms with van der Waals surface area (Å²) in [5.41, 5.74) is 4.03. The Balaban J connectivity index is 2.05. The molecule has 1 amide bonds. The van der Waals surface area contributed by atoms with Crippen LogP contribution in [-0.2, 0) is 11.2 Å². The average molecular weight is 406 g/mol. The van der Waals surface area contributed by atoms with E-state index < -0.39 is 5.91 Å². The molecule has 0 saturated carbocycles. The van der Waals surface area contributed by atoms with Gasteiger partial charge in [0.2, 0.25) is 0 Å². The van der Waals surface area contributed by atoms with Crippen molar-refractivity contribution < 1.29 is 9.53 Å². The summed E-state index contributed by atoms with van der Waals surface area (Å²) in [5.74, 6) is 0.357. The number of benzene rings is 2. The minimum absolute atomic E-state index is 0.0162. The van der Waals surface area contributed by atoms with Gasteiger partial charge in [-0.3, -0.25) is 4.79 Å². The van der Waals surface area contributed by atoms with Crippen molar-refractivity contribution in [2.75, 3.05) is 11.9 Å². The van der Waals surface area contributed by atoms with E-state index in [-0.39, 0.29) is 11.6 Å². The molecule has 0 spiro atoms. The van der Waals surface area contributed by atoms with Gasteiger partial charge in [0.25, 0.3) is 5.91 Å². The number of hydrogen-bond acceptors (Lipinski definition) is 4. The lowest BCUT2D eigenvalue weighted by atomic mass is 10.0. The first-order valence-corrected chi connectivity index (χ1v) is 10.5. The second-order valence-electron chi connectivity index (χ2n) is 7.29. The summed E-state index contributed by atoms with van der Waals surface area (Å²) >= 11 is 0. The topological polar surface area (TPSA) is 74.2 Å². The van der Waals surface area contributed by atoms with Gasteiger partial charge in [-0.2, -0.15) is 5.26 Å². The van der Waals surface area contributed by atoms with Crippen LogP contribution in [0.5, 0.6) is 5.75 Å². The van der Waals surface area contributed by atoms with Crippen molar-refractivity contribution >= 4 is 11.6 Å². The fraction of sp³-hybridized carbons (Fsp3) is 0.360. The van der Waals surface area contributed by atoms with E-state index in [4.69, 9.17) is 4.74 Å². The van der Waals surface area contributed by atoms with Gasteiger partial charge < -0.3 is 15.4 Å². The van der Waals surface area contributed by atoms with Gasteiger partial charge >= 0.3 is 0 Å². The third-order valence-corrected chi connectivity index (χ3v) is 4.81. The molecule has 0 heterocycles. The van der Waals surface area contributed by atoms with E-state index in [0.717, 1.165) is 36.1 Å². The molecule has 0 radical (unpaired) electrons. The minimum Gasteiger partial charge on any atom is -0.494 e. The molecule has 5 heteroatoms. The van der Waals surface area contributed by atoms with Gasteiger partial charge in [0.05, 0.1) is 12.6 Å². The fourth-order valence-electron chi connectivity index (χ4n) is 3.07. The smallest absolute Gasteiger partial charge is 0.267 e. The molecule has 0 aromatic heterocycles. The highest BCUT2D eigenvalue weighted by Crippen LogP contribution is 2.26. The number of nitrogens with one attached hydrogen (secondary N) is 2. The first-order valence-electron chi connectivity index (χ1n) is 10.5. The zero-order valence-corrected chi connectivity index (χ0v) is 18.3. The molecule has 158 valence electrons. The summed E-state index contributed by atoms with van der Waals surface area (Å²) in [6.07, 6.45) is 4.78. The second-order valence-corrected chi connectivity index (χ2v) is 7.29. The van der Waals surface area contributed by atoms with Crippen LogP contribution in [0.25, 0.3) is 0 Å². The number of hydrogen-bond donors (Lipinski definition) is 2. The van der Waals surface area contributed by atoms with E-state index in [0.29, 0.717) is 12.3 Å². The summed E-state index contributed by atoms with van der Waals surface area (Å²) in [6.45, 7) is 8.66. The first kappa shape index (κ1) is 23.0. The quantitative estimate of drug-likeness (QED) is 0.408. The van der Waals surface area contributed by atoms with Gasteiger partial charge in [0, 0.05) is 17.5 Å². The summed E-state index contributed by atoms with van der Waals surface area (Å²) in [5, 5.41) is 15.4. The summed E-state index contributed by atoms with van der Waals surface area (Å²) in [6, 6.07) is 15.6. The Morgan fingerprint density at radius 2 is 1.93 bits per heavy atom. The largest absolute Gasteiger partial charge is 0.494 e. The number of nitrogens with zero attached hydrogens (tertiary/aromatic N) is 1. The number of rotatable bonds is 10.